The lowest BCUT2D eigenvalue weighted by Crippen LogP contribution is -2.29. The van der Waals surface area contributed by atoms with E-state index < -0.39 is 16.1 Å². The van der Waals surface area contributed by atoms with Crippen molar-refractivity contribution < 1.29 is 17.9 Å². The first kappa shape index (κ1) is 18.7. The van der Waals surface area contributed by atoms with Crippen LogP contribution >= 0.6 is 11.6 Å². The van der Waals surface area contributed by atoms with Gasteiger partial charge in [0.1, 0.15) is 10.6 Å². The molecule has 1 N–H and O–H groups in total. The number of aryl methyl sites for hydroxylation is 1. The smallest absolute Gasteiger partial charge is 0.244 e. The second-order valence-corrected chi connectivity index (χ2v) is 7.39. The van der Waals surface area contributed by atoms with Gasteiger partial charge in [0.15, 0.2) is 0 Å². The lowest BCUT2D eigenvalue weighted by molar-refractivity contribution is 0.107. The molecule has 0 aliphatic carbocycles. The summed E-state index contributed by atoms with van der Waals surface area (Å²) in [6.45, 7) is 1.87. The summed E-state index contributed by atoms with van der Waals surface area (Å²) >= 11 is 6.16. The van der Waals surface area contributed by atoms with Gasteiger partial charge in [0.25, 0.3) is 0 Å². The van der Waals surface area contributed by atoms with E-state index >= 15 is 0 Å². The number of hydrogen-bond donors (Lipinski definition) is 1. The third-order valence-electron chi connectivity index (χ3n) is 3.60. The fourth-order valence-corrected chi connectivity index (χ4v) is 3.85. The molecule has 2 aromatic rings. The van der Waals surface area contributed by atoms with E-state index in [1.807, 2.05) is 13.0 Å². The van der Waals surface area contributed by atoms with Gasteiger partial charge < -0.3 is 9.47 Å². The highest BCUT2D eigenvalue weighted by Crippen LogP contribution is 2.27. The average molecular weight is 370 g/mol. The Kier molecular flexibility index (Phi) is 6.23. The van der Waals surface area contributed by atoms with E-state index in [9.17, 15) is 8.42 Å². The third kappa shape index (κ3) is 4.27. The molecule has 0 bridgehead atoms. The van der Waals surface area contributed by atoms with Crippen LogP contribution in [0, 0.1) is 6.92 Å². The zero-order valence-corrected chi connectivity index (χ0v) is 15.3. The van der Waals surface area contributed by atoms with Crippen LogP contribution in [0.1, 0.15) is 17.2 Å². The van der Waals surface area contributed by atoms with Crippen LogP contribution in [-0.4, -0.2) is 29.2 Å². The second kappa shape index (κ2) is 7.98. The molecule has 0 saturated heterocycles. The Balaban J connectivity index is 2.24. The van der Waals surface area contributed by atoms with Crippen molar-refractivity contribution in [2.45, 2.75) is 17.9 Å². The van der Waals surface area contributed by atoms with Crippen LogP contribution in [0.4, 0.5) is 0 Å². The van der Waals surface area contributed by atoms with Crippen LogP contribution in [0.25, 0.3) is 0 Å². The Labute approximate surface area is 147 Å². The van der Waals surface area contributed by atoms with E-state index in [2.05, 4.69) is 4.72 Å². The molecule has 1 atom stereocenters. The van der Waals surface area contributed by atoms with Crippen molar-refractivity contribution in [3.05, 3.63) is 58.6 Å². The summed E-state index contributed by atoms with van der Waals surface area (Å²) in [5, 5.41) is 0.525. The van der Waals surface area contributed by atoms with Gasteiger partial charge in [0.2, 0.25) is 10.0 Å². The highest BCUT2D eigenvalue weighted by Gasteiger charge is 2.22. The summed E-state index contributed by atoms with van der Waals surface area (Å²) in [4.78, 5) is 0.0963. The van der Waals surface area contributed by atoms with Gasteiger partial charge in [0, 0.05) is 24.2 Å². The van der Waals surface area contributed by atoms with Crippen molar-refractivity contribution in [1.29, 1.82) is 0 Å². The SMILES string of the molecule is COc1ccc(C)cc1S(=O)(=O)NC[C@H](OC)c1ccccc1Cl. The molecule has 0 fully saturated rings. The van der Waals surface area contributed by atoms with Gasteiger partial charge in [-0.3, -0.25) is 0 Å². The minimum Gasteiger partial charge on any atom is -0.495 e. The van der Waals surface area contributed by atoms with Crippen molar-refractivity contribution in [2.75, 3.05) is 20.8 Å². The van der Waals surface area contributed by atoms with Gasteiger partial charge in [-0.05, 0) is 30.7 Å². The van der Waals surface area contributed by atoms with E-state index in [1.54, 1.807) is 36.4 Å². The number of hydrogen-bond acceptors (Lipinski definition) is 4. The fraction of sp³-hybridized carbons (Fsp3) is 0.294. The Morgan fingerprint density at radius 2 is 1.88 bits per heavy atom. The summed E-state index contributed by atoms with van der Waals surface area (Å²) in [6, 6.07) is 12.2. The molecule has 0 heterocycles. The van der Waals surface area contributed by atoms with E-state index in [4.69, 9.17) is 21.1 Å². The second-order valence-electron chi connectivity index (χ2n) is 5.25. The minimum atomic E-state index is -3.75. The number of nitrogens with one attached hydrogen (secondary N) is 1. The number of halogens is 1. The van der Waals surface area contributed by atoms with Gasteiger partial charge in [-0.15, -0.1) is 0 Å². The molecule has 0 aliphatic rings. The molecule has 24 heavy (non-hydrogen) atoms. The molecule has 0 amide bonds. The highest BCUT2D eigenvalue weighted by molar-refractivity contribution is 7.89. The number of methoxy groups -OCH3 is 2. The van der Waals surface area contributed by atoms with Gasteiger partial charge >= 0.3 is 0 Å². The molecule has 0 aliphatic heterocycles. The standard InChI is InChI=1S/C17H20ClNO4S/c1-12-8-9-15(22-2)17(10-12)24(20,21)19-11-16(23-3)13-6-4-5-7-14(13)18/h4-10,16,19H,11H2,1-3H3/t16-/m0/s1. The number of rotatable bonds is 7. The minimum absolute atomic E-state index is 0.0552. The zero-order chi connectivity index (χ0) is 17.7. The number of sulfonamides is 1. The van der Waals surface area contributed by atoms with Crippen LogP contribution in [-0.2, 0) is 14.8 Å². The highest BCUT2D eigenvalue weighted by atomic mass is 35.5. The molecular weight excluding hydrogens is 350 g/mol. The summed E-state index contributed by atoms with van der Waals surface area (Å²) in [5.41, 5.74) is 1.55. The predicted octanol–water partition coefficient (Wildman–Crippen LogP) is 3.32. The maximum Gasteiger partial charge on any atom is 0.244 e. The Hall–Kier alpha value is -1.60. The summed E-state index contributed by atoms with van der Waals surface area (Å²) in [7, 11) is -0.804. The maximum atomic E-state index is 12.6. The lowest BCUT2D eigenvalue weighted by atomic mass is 10.1. The molecule has 0 saturated carbocycles. The molecule has 0 spiro atoms. The summed E-state index contributed by atoms with van der Waals surface area (Å²) in [5.74, 6) is 0.291. The fourth-order valence-electron chi connectivity index (χ4n) is 2.31. The number of ether oxygens (including phenoxy) is 2. The first-order valence-electron chi connectivity index (χ1n) is 7.30. The molecule has 0 radical (unpaired) electrons. The molecular formula is C17H20ClNO4S. The zero-order valence-electron chi connectivity index (χ0n) is 13.7. The maximum absolute atomic E-state index is 12.6. The first-order valence-corrected chi connectivity index (χ1v) is 9.16. The van der Waals surface area contributed by atoms with Gasteiger partial charge in [-0.1, -0.05) is 35.9 Å². The van der Waals surface area contributed by atoms with Crippen molar-refractivity contribution in [3.63, 3.8) is 0 Å². The quantitative estimate of drug-likeness (QED) is 0.813. The monoisotopic (exact) mass is 369 g/mol. The Morgan fingerprint density at radius 3 is 2.50 bits per heavy atom. The Bertz CT molecular complexity index is 808. The van der Waals surface area contributed by atoms with E-state index in [1.165, 1.54) is 14.2 Å². The van der Waals surface area contributed by atoms with Gasteiger partial charge in [0.05, 0.1) is 13.2 Å². The van der Waals surface area contributed by atoms with E-state index in [0.717, 1.165) is 11.1 Å². The van der Waals surface area contributed by atoms with Gasteiger partial charge in [-0.2, -0.15) is 0 Å². The predicted molar refractivity (Wildman–Crippen MR) is 94.1 cm³/mol. The van der Waals surface area contributed by atoms with Crippen LogP contribution in [0.2, 0.25) is 5.02 Å². The average Bonchev–Trinajstić information content (AvgIpc) is 2.56. The normalized spacial score (nSPS) is 12.8. The molecule has 0 aromatic heterocycles. The number of benzene rings is 2. The van der Waals surface area contributed by atoms with Crippen molar-refractivity contribution in [3.8, 4) is 5.75 Å². The lowest BCUT2D eigenvalue weighted by Gasteiger charge is -2.18. The van der Waals surface area contributed by atoms with E-state index in [0.29, 0.717) is 10.8 Å². The van der Waals surface area contributed by atoms with Crippen molar-refractivity contribution >= 4 is 21.6 Å². The molecule has 7 heteroatoms. The van der Waals surface area contributed by atoms with E-state index in [-0.39, 0.29) is 11.4 Å². The van der Waals surface area contributed by atoms with Crippen LogP contribution in [0.15, 0.2) is 47.4 Å². The van der Waals surface area contributed by atoms with Crippen LogP contribution in [0.5, 0.6) is 5.75 Å². The summed E-state index contributed by atoms with van der Waals surface area (Å²) in [6.07, 6.45) is -0.496. The van der Waals surface area contributed by atoms with Gasteiger partial charge in [-0.25, -0.2) is 13.1 Å². The van der Waals surface area contributed by atoms with Crippen molar-refractivity contribution in [1.82, 2.24) is 4.72 Å². The summed E-state index contributed by atoms with van der Waals surface area (Å²) < 4.78 is 38.3. The molecule has 5 nitrogen and oxygen atoms in total. The van der Waals surface area contributed by atoms with Crippen LogP contribution in [0.3, 0.4) is 0 Å². The van der Waals surface area contributed by atoms with Crippen LogP contribution < -0.4 is 9.46 Å². The molecule has 130 valence electrons. The molecule has 0 unspecified atom stereocenters. The first-order chi connectivity index (χ1) is 11.4. The third-order valence-corrected chi connectivity index (χ3v) is 5.39. The Morgan fingerprint density at radius 1 is 1.17 bits per heavy atom. The topological polar surface area (TPSA) is 64.6 Å². The molecule has 2 rings (SSSR count). The van der Waals surface area contributed by atoms with Crippen molar-refractivity contribution in [2.24, 2.45) is 0 Å². The molecule has 2 aromatic carbocycles. The largest absolute Gasteiger partial charge is 0.495 e.